The Morgan fingerprint density at radius 1 is 1.42 bits per heavy atom. The number of ether oxygens (including phenoxy) is 2. The molecule has 24 heavy (non-hydrogen) atoms. The third-order valence-electron chi connectivity index (χ3n) is 2.75. The van der Waals surface area contributed by atoms with Gasteiger partial charge in [0.05, 0.1) is 18.2 Å². The molecule has 1 heterocycles. The van der Waals surface area contributed by atoms with Crippen molar-refractivity contribution in [3.63, 3.8) is 0 Å². The summed E-state index contributed by atoms with van der Waals surface area (Å²) in [7, 11) is 0. The number of nitrogens with zero attached hydrogens (tertiary/aromatic N) is 2. The standard InChI is InChI=1S/C17H22N2O4S/c1-6-12-8-13(16(21)22-7-2)14(24-12)19-10-11(9-18)15(20)23-17(3,4)5/h8,10-11H,6-7H2,1-5H3. The van der Waals surface area contributed by atoms with E-state index >= 15 is 0 Å². The Morgan fingerprint density at radius 3 is 2.58 bits per heavy atom. The second-order valence-electron chi connectivity index (χ2n) is 5.92. The second-order valence-corrected chi connectivity index (χ2v) is 7.04. The molecule has 0 aliphatic rings. The van der Waals surface area contributed by atoms with Crippen LogP contribution in [0.5, 0.6) is 0 Å². The van der Waals surface area contributed by atoms with E-state index in [9.17, 15) is 9.59 Å². The predicted octanol–water partition coefficient (Wildman–Crippen LogP) is 3.67. The number of carbonyl (C=O) groups excluding carboxylic acids is 2. The average molecular weight is 350 g/mol. The van der Waals surface area contributed by atoms with E-state index in [1.165, 1.54) is 17.6 Å². The van der Waals surface area contributed by atoms with Gasteiger partial charge in [-0.3, -0.25) is 4.79 Å². The van der Waals surface area contributed by atoms with E-state index in [4.69, 9.17) is 14.7 Å². The molecule has 0 spiro atoms. The predicted molar refractivity (Wildman–Crippen MR) is 92.8 cm³/mol. The number of rotatable bonds is 6. The normalized spacial score (nSPS) is 12.7. The lowest BCUT2D eigenvalue weighted by Gasteiger charge is -2.20. The van der Waals surface area contributed by atoms with Gasteiger partial charge in [-0.15, -0.1) is 11.3 Å². The molecule has 6 nitrogen and oxygen atoms in total. The van der Waals surface area contributed by atoms with Gasteiger partial charge in [-0.05, 0) is 40.2 Å². The molecule has 0 saturated carbocycles. The van der Waals surface area contributed by atoms with E-state index < -0.39 is 23.5 Å². The van der Waals surface area contributed by atoms with Crippen molar-refractivity contribution in [1.82, 2.24) is 0 Å². The van der Waals surface area contributed by atoms with Crippen molar-refractivity contribution in [1.29, 1.82) is 5.26 Å². The number of aliphatic imine (C=N–C) groups is 1. The van der Waals surface area contributed by atoms with Gasteiger partial charge in [0.15, 0.2) is 5.92 Å². The molecule has 1 aromatic rings. The summed E-state index contributed by atoms with van der Waals surface area (Å²) >= 11 is 1.33. The number of hydrogen-bond donors (Lipinski definition) is 0. The summed E-state index contributed by atoms with van der Waals surface area (Å²) in [5, 5.41) is 9.58. The molecule has 0 saturated heterocycles. The first-order valence-electron chi connectivity index (χ1n) is 7.68. The molecule has 130 valence electrons. The Kier molecular flexibility index (Phi) is 7.11. The number of aryl methyl sites for hydroxylation is 1. The van der Waals surface area contributed by atoms with Crippen LogP contribution in [-0.4, -0.2) is 30.4 Å². The van der Waals surface area contributed by atoms with E-state index in [2.05, 4.69) is 4.99 Å². The number of nitriles is 1. The molecule has 0 aliphatic heterocycles. The van der Waals surface area contributed by atoms with Gasteiger partial charge in [0.25, 0.3) is 0 Å². The summed E-state index contributed by atoms with van der Waals surface area (Å²) in [6.07, 6.45) is 1.96. The summed E-state index contributed by atoms with van der Waals surface area (Å²) in [5.74, 6) is -2.27. The lowest BCUT2D eigenvalue weighted by molar-refractivity contribution is -0.155. The first kappa shape index (κ1) is 19.8. The van der Waals surface area contributed by atoms with Gasteiger partial charge in [0.1, 0.15) is 10.6 Å². The molecule has 0 aliphatic carbocycles. The number of thiophene rings is 1. The Balaban J connectivity index is 3.03. The zero-order valence-corrected chi connectivity index (χ0v) is 15.4. The van der Waals surface area contributed by atoms with Gasteiger partial charge >= 0.3 is 11.9 Å². The molecule has 0 radical (unpaired) electrons. The van der Waals surface area contributed by atoms with Crippen LogP contribution in [0.1, 0.15) is 49.9 Å². The van der Waals surface area contributed by atoms with Crippen LogP contribution in [0.2, 0.25) is 0 Å². The summed E-state index contributed by atoms with van der Waals surface area (Å²) in [6, 6.07) is 3.58. The maximum atomic E-state index is 12.0. The monoisotopic (exact) mass is 350 g/mol. The minimum atomic E-state index is -1.13. The van der Waals surface area contributed by atoms with Crippen LogP contribution in [0, 0.1) is 17.2 Å². The fraction of sp³-hybridized carbons (Fsp3) is 0.529. The van der Waals surface area contributed by atoms with Crippen LogP contribution in [0.3, 0.4) is 0 Å². The molecular weight excluding hydrogens is 328 g/mol. The molecule has 0 N–H and O–H groups in total. The van der Waals surface area contributed by atoms with Crippen molar-refractivity contribution in [3.05, 3.63) is 16.5 Å². The molecule has 1 rings (SSSR count). The maximum absolute atomic E-state index is 12.0. The molecule has 1 unspecified atom stereocenters. The minimum absolute atomic E-state index is 0.262. The highest BCUT2D eigenvalue weighted by Crippen LogP contribution is 2.32. The molecule has 1 atom stereocenters. The van der Waals surface area contributed by atoms with Crippen molar-refractivity contribution in [2.24, 2.45) is 10.9 Å². The number of hydrogen-bond acceptors (Lipinski definition) is 7. The van der Waals surface area contributed by atoms with Gasteiger partial charge in [0.2, 0.25) is 0 Å². The van der Waals surface area contributed by atoms with E-state index in [1.807, 2.05) is 13.0 Å². The SMILES string of the molecule is CCOC(=O)c1cc(CC)sc1N=CC(C#N)C(=O)OC(C)(C)C. The average Bonchev–Trinajstić information content (AvgIpc) is 2.89. The highest BCUT2D eigenvalue weighted by Gasteiger charge is 2.24. The lowest BCUT2D eigenvalue weighted by Crippen LogP contribution is -2.28. The van der Waals surface area contributed by atoms with E-state index in [0.29, 0.717) is 10.6 Å². The minimum Gasteiger partial charge on any atom is -0.462 e. The molecule has 0 bridgehead atoms. The van der Waals surface area contributed by atoms with Crippen LogP contribution in [0.15, 0.2) is 11.1 Å². The highest BCUT2D eigenvalue weighted by molar-refractivity contribution is 7.16. The number of esters is 2. The Bertz CT molecular complexity index is 665. The third-order valence-corrected chi connectivity index (χ3v) is 3.94. The van der Waals surface area contributed by atoms with Crippen molar-refractivity contribution in [3.8, 4) is 6.07 Å². The number of carbonyl (C=O) groups is 2. The first-order chi connectivity index (χ1) is 11.2. The third kappa shape index (κ3) is 5.78. The smallest absolute Gasteiger partial charge is 0.341 e. The van der Waals surface area contributed by atoms with Gasteiger partial charge in [0, 0.05) is 11.1 Å². The van der Waals surface area contributed by atoms with Crippen LogP contribution in [-0.2, 0) is 20.7 Å². The van der Waals surface area contributed by atoms with Gasteiger partial charge in [-0.25, -0.2) is 9.79 Å². The second kappa shape index (κ2) is 8.60. The molecule has 0 amide bonds. The Labute approximate surface area is 146 Å². The molecule has 0 aromatic carbocycles. The van der Waals surface area contributed by atoms with Crippen LogP contribution in [0.25, 0.3) is 0 Å². The largest absolute Gasteiger partial charge is 0.462 e. The van der Waals surface area contributed by atoms with Crippen molar-refractivity contribution in [2.75, 3.05) is 6.61 Å². The zero-order valence-electron chi connectivity index (χ0n) is 14.6. The van der Waals surface area contributed by atoms with Crippen molar-refractivity contribution < 1.29 is 19.1 Å². The van der Waals surface area contributed by atoms with Gasteiger partial charge in [-0.2, -0.15) is 5.26 Å². The summed E-state index contributed by atoms with van der Waals surface area (Å²) in [4.78, 5) is 29.1. The topological polar surface area (TPSA) is 88.8 Å². The fourth-order valence-corrected chi connectivity index (χ4v) is 2.65. The molecule has 0 fully saturated rings. The fourth-order valence-electron chi connectivity index (χ4n) is 1.71. The van der Waals surface area contributed by atoms with E-state index in [1.54, 1.807) is 33.8 Å². The van der Waals surface area contributed by atoms with Crippen molar-refractivity contribution in [2.45, 2.75) is 46.6 Å². The zero-order chi connectivity index (χ0) is 18.3. The first-order valence-corrected chi connectivity index (χ1v) is 8.50. The maximum Gasteiger partial charge on any atom is 0.341 e. The van der Waals surface area contributed by atoms with Gasteiger partial charge < -0.3 is 9.47 Å². The molecule has 7 heteroatoms. The molecular formula is C17H22N2O4S. The highest BCUT2D eigenvalue weighted by atomic mass is 32.1. The van der Waals surface area contributed by atoms with E-state index in [0.717, 1.165) is 11.3 Å². The van der Waals surface area contributed by atoms with Crippen LogP contribution in [0.4, 0.5) is 5.00 Å². The van der Waals surface area contributed by atoms with Crippen LogP contribution < -0.4 is 0 Å². The van der Waals surface area contributed by atoms with Gasteiger partial charge in [-0.1, -0.05) is 6.92 Å². The molecule has 1 aromatic heterocycles. The van der Waals surface area contributed by atoms with Crippen molar-refractivity contribution >= 4 is 34.5 Å². The quantitative estimate of drug-likeness (QED) is 0.577. The summed E-state index contributed by atoms with van der Waals surface area (Å²) in [6.45, 7) is 9.12. The van der Waals surface area contributed by atoms with E-state index in [-0.39, 0.29) is 6.61 Å². The Hall–Kier alpha value is -2.20. The summed E-state index contributed by atoms with van der Waals surface area (Å²) < 4.78 is 10.2. The Morgan fingerprint density at radius 2 is 2.08 bits per heavy atom. The lowest BCUT2D eigenvalue weighted by atomic mass is 10.1. The van der Waals surface area contributed by atoms with Crippen LogP contribution >= 0.6 is 11.3 Å². The summed E-state index contributed by atoms with van der Waals surface area (Å²) in [5.41, 5.74) is -0.343.